The molecule has 1 aliphatic rings. The van der Waals surface area contributed by atoms with Crippen LogP contribution in [0.15, 0.2) is 42.5 Å². The topological polar surface area (TPSA) is 102 Å². The number of rotatable bonds is 6. The zero-order valence-electron chi connectivity index (χ0n) is 17.8. The lowest BCUT2D eigenvalue weighted by Gasteiger charge is -2.28. The largest absolute Gasteiger partial charge is 0.495 e. The second kappa shape index (κ2) is 9.38. The lowest BCUT2D eigenvalue weighted by atomic mass is 10.1. The molecule has 31 heavy (non-hydrogen) atoms. The molecule has 1 N–H and O–H groups in total. The lowest BCUT2D eigenvalue weighted by Crippen LogP contribution is -2.37. The third-order valence-corrected chi connectivity index (χ3v) is 6.66. The van der Waals surface area contributed by atoms with Gasteiger partial charge in [-0.1, -0.05) is 0 Å². The minimum atomic E-state index is -3.32. The first-order valence-electron chi connectivity index (χ1n) is 10.0. The summed E-state index contributed by atoms with van der Waals surface area (Å²) in [5.41, 5.74) is 1.49. The van der Waals surface area contributed by atoms with Gasteiger partial charge in [-0.2, -0.15) is 0 Å². The highest BCUT2D eigenvalue weighted by Crippen LogP contribution is 2.28. The first-order valence-corrected chi connectivity index (χ1v) is 11.6. The summed E-state index contributed by atoms with van der Waals surface area (Å²) in [5, 5.41) is 2.74. The molecule has 166 valence electrons. The van der Waals surface area contributed by atoms with Crippen molar-refractivity contribution in [2.45, 2.75) is 32.8 Å². The van der Waals surface area contributed by atoms with E-state index in [0.717, 1.165) is 6.42 Å². The van der Waals surface area contributed by atoms with Gasteiger partial charge in [-0.05, 0) is 69.2 Å². The fourth-order valence-electron chi connectivity index (χ4n) is 3.27. The van der Waals surface area contributed by atoms with Crippen molar-refractivity contribution in [2.24, 2.45) is 0 Å². The predicted octanol–water partition coefficient (Wildman–Crippen LogP) is 3.44. The number of carbonyl (C=O) groups is 2. The van der Waals surface area contributed by atoms with Crippen LogP contribution in [0.25, 0.3) is 0 Å². The monoisotopic (exact) mass is 446 g/mol. The molecule has 1 aliphatic heterocycles. The summed E-state index contributed by atoms with van der Waals surface area (Å²) in [4.78, 5) is 24.9. The van der Waals surface area contributed by atoms with E-state index >= 15 is 0 Å². The Kier molecular flexibility index (Phi) is 6.84. The van der Waals surface area contributed by atoms with Crippen molar-refractivity contribution in [2.75, 3.05) is 29.0 Å². The van der Waals surface area contributed by atoms with Crippen molar-refractivity contribution >= 4 is 33.3 Å². The van der Waals surface area contributed by atoms with E-state index < -0.39 is 21.9 Å². The Hall–Kier alpha value is -3.07. The number of methoxy groups -OCH3 is 1. The molecule has 8 nitrogen and oxygen atoms in total. The van der Waals surface area contributed by atoms with Gasteiger partial charge in [0.2, 0.25) is 10.0 Å². The maximum Gasteiger partial charge on any atom is 0.338 e. The van der Waals surface area contributed by atoms with E-state index in [1.54, 1.807) is 50.2 Å². The van der Waals surface area contributed by atoms with Crippen LogP contribution in [0.2, 0.25) is 0 Å². The zero-order valence-corrected chi connectivity index (χ0v) is 18.6. The van der Waals surface area contributed by atoms with Crippen LogP contribution in [0.4, 0.5) is 11.4 Å². The molecule has 0 saturated carbocycles. The summed E-state index contributed by atoms with van der Waals surface area (Å²) in [7, 11) is -1.85. The van der Waals surface area contributed by atoms with Gasteiger partial charge in [0.25, 0.3) is 5.91 Å². The Balaban J connectivity index is 1.78. The maximum atomic E-state index is 12.7. The highest BCUT2D eigenvalue weighted by Gasteiger charge is 2.26. The number of hydrogen-bond donors (Lipinski definition) is 1. The Morgan fingerprint density at radius 1 is 1.03 bits per heavy atom. The molecule has 3 rings (SSSR count). The molecule has 0 aliphatic carbocycles. The average Bonchev–Trinajstić information content (AvgIpc) is 2.73. The second-order valence-electron chi connectivity index (χ2n) is 7.47. The first-order chi connectivity index (χ1) is 14.7. The molecule has 0 radical (unpaired) electrons. The van der Waals surface area contributed by atoms with E-state index in [2.05, 4.69) is 5.32 Å². The van der Waals surface area contributed by atoms with Crippen LogP contribution in [0.1, 0.15) is 47.4 Å². The van der Waals surface area contributed by atoms with Crippen LogP contribution < -0.4 is 14.4 Å². The van der Waals surface area contributed by atoms with Crippen LogP contribution in [-0.4, -0.2) is 45.8 Å². The summed E-state index contributed by atoms with van der Waals surface area (Å²) in [5.74, 6) is -0.392. The fourth-order valence-corrected chi connectivity index (χ4v) is 4.91. The van der Waals surface area contributed by atoms with Gasteiger partial charge in [0.1, 0.15) is 5.75 Å². The Morgan fingerprint density at radius 3 is 2.32 bits per heavy atom. The molecule has 2 aromatic carbocycles. The summed E-state index contributed by atoms with van der Waals surface area (Å²) in [6, 6.07) is 11.0. The third-order valence-electron chi connectivity index (χ3n) is 4.79. The Bertz CT molecular complexity index is 1060. The summed E-state index contributed by atoms with van der Waals surface area (Å²) in [6.07, 6.45) is 1.19. The van der Waals surface area contributed by atoms with E-state index in [1.165, 1.54) is 17.5 Å². The maximum absolute atomic E-state index is 12.7. The van der Waals surface area contributed by atoms with E-state index in [4.69, 9.17) is 9.47 Å². The van der Waals surface area contributed by atoms with Crippen LogP contribution in [0, 0.1) is 0 Å². The molecule has 0 bridgehead atoms. The minimum Gasteiger partial charge on any atom is -0.495 e. The van der Waals surface area contributed by atoms with Crippen molar-refractivity contribution in [3.8, 4) is 5.75 Å². The number of sulfonamides is 1. The highest BCUT2D eigenvalue weighted by atomic mass is 32.2. The van der Waals surface area contributed by atoms with Crippen molar-refractivity contribution in [3.05, 3.63) is 53.6 Å². The SMILES string of the molecule is COc1ccc(C(=O)OC(C)C)cc1NC(=O)c1ccc(N2CCCCS2(=O)=O)cc1. The molecule has 0 aromatic heterocycles. The van der Waals surface area contributed by atoms with E-state index in [9.17, 15) is 18.0 Å². The first kappa shape index (κ1) is 22.6. The smallest absolute Gasteiger partial charge is 0.338 e. The summed E-state index contributed by atoms with van der Waals surface area (Å²) >= 11 is 0. The number of nitrogens with one attached hydrogen (secondary N) is 1. The van der Waals surface area contributed by atoms with Gasteiger partial charge in [-0.3, -0.25) is 9.10 Å². The van der Waals surface area contributed by atoms with E-state index in [0.29, 0.717) is 35.7 Å². The third kappa shape index (κ3) is 5.35. The predicted molar refractivity (Wildman–Crippen MR) is 118 cm³/mol. The van der Waals surface area contributed by atoms with Crippen LogP contribution in [-0.2, 0) is 14.8 Å². The Labute approximate surface area is 182 Å². The molecule has 1 amide bonds. The molecule has 0 spiro atoms. The number of hydrogen-bond acceptors (Lipinski definition) is 6. The second-order valence-corrected chi connectivity index (χ2v) is 9.48. The molecular formula is C22H26N2O6S. The molecule has 9 heteroatoms. The number of benzene rings is 2. The number of anilines is 2. The lowest BCUT2D eigenvalue weighted by molar-refractivity contribution is 0.0377. The van der Waals surface area contributed by atoms with Crippen molar-refractivity contribution in [1.82, 2.24) is 0 Å². The normalized spacial score (nSPS) is 15.4. The van der Waals surface area contributed by atoms with Crippen molar-refractivity contribution in [3.63, 3.8) is 0 Å². The zero-order chi connectivity index (χ0) is 22.6. The van der Waals surface area contributed by atoms with Gasteiger partial charge in [-0.15, -0.1) is 0 Å². The Morgan fingerprint density at radius 2 is 1.71 bits per heavy atom. The van der Waals surface area contributed by atoms with Crippen molar-refractivity contribution < 1.29 is 27.5 Å². The quantitative estimate of drug-likeness (QED) is 0.682. The van der Waals surface area contributed by atoms with Gasteiger partial charge in [0, 0.05) is 12.1 Å². The van der Waals surface area contributed by atoms with Crippen LogP contribution in [0.3, 0.4) is 0 Å². The van der Waals surface area contributed by atoms with Gasteiger partial charge in [-0.25, -0.2) is 13.2 Å². The van der Waals surface area contributed by atoms with Gasteiger partial charge >= 0.3 is 5.97 Å². The highest BCUT2D eigenvalue weighted by molar-refractivity contribution is 7.92. The molecule has 1 saturated heterocycles. The van der Waals surface area contributed by atoms with Gasteiger partial charge < -0.3 is 14.8 Å². The van der Waals surface area contributed by atoms with E-state index in [-0.39, 0.29) is 17.4 Å². The molecule has 0 unspecified atom stereocenters. The molecule has 0 atom stereocenters. The van der Waals surface area contributed by atoms with Crippen molar-refractivity contribution in [1.29, 1.82) is 0 Å². The summed E-state index contributed by atoms with van der Waals surface area (Å²) < 4.78 is 36.4. The standard InChI is InChI=1S/C22H26N2O6S/c1-15(2)30-22(26)17-8-11-20(29-3)19(14-17)23-21(25)16-6-9-18(10-7-16)24-12-4-5-13-31(24,27)28/h6-11,14-15H,4-5,12-13H2,1-3H3,(H,23,25). The number of ether oxygens (including phenoxy) is 2. The molecular weight excluding hydrogens is 420 g/mol. The average molecular weight is 447 g/mol. The van der Waals surface area contributed by atoms with Gasteiger partial charge in [0.05, 0.1) is 35.9 Å². The van der Waals surface area contributed by atoms with E-state index in [1.807, 2.05) is 0 Å². The number of carbonyl (C=O) groups excluding carboxylic acids is 2. The molecule has 1 fully saturated rings. The number of amides is 1. The molecule has 1 heterocycles. The van der Waals surface area contributed by atoms with Crippen LogP contribution in [0.5, 0.6) is 5.75 Å². The number of esters is 1. The minimum absolute atomic E-state index is 0.130. The van der Waals surface area contributed by atoms with Crippen LogP contribution >= 0.6 is 0 Å². The van der Waals surface area contributed by atoms with Gasteiger partial charge in [0.15, 0.2) is 0 Å². The molecule has 2 aromatic rings. The summed E-state index contributed by atoms with van der Waals surface area (Å²) in [6.45, 7) is 3.94. The fraction of sp³-hybridized carbons (Fsp3) is 0.364. The number of nitrogens with zero attached hydrogens (tertiary/aromatic N) is 1.